The summed E-state index contributed by atoms with van der Waals surface area (Å²) in [6.07, 6.45) is 1.66. The second-order valence-corrected chi connectivity index (χ2v) is 7.54. The van der Waals surface area contributed by atoms with Gasteiger partial charge in [-0.15, -0.1) is 0 Å². The molecule has 0 aliphatic heterocycles. The van der Waals surface area contributed by atoms with E-state index < -0.39 is 6.04 Å². The summed E-state index contributed by atoms with van der Waals surface area (Å²) in [5.74, 6) is -0.568. The molecule has 4 rings (SSSR count). The number of fused-ring (bicyclic) bond motifs is 1. The van der Waals surface area contributed by atoms with E-state index in [9.17, 15) is 9.59 Å². The van der Waals surface area contributed by atoms with E-state index in [4.69, 9.17) is 4.98 Å². The van der Waals surface area contributed by atoms with Crippen molar-refractivity contribution in [1.29, 1.82) is 0 Å². The molecule has 32 heavy (non-hydrogen) atoms. The minimum atomic E-state index is -0.662. The monoisotopic (exact) mass is 427 g/mol. The molecule has 0 saturated carbocycles. The lowest BCUT2D eigenvalue weighted by Gasteiger charge is -2.14. The molecular formula is C25H25N5O2. The number of nitrogens with one attached hydrogen (secondary N) is 2. The molecule has 2 aromatic carbocycles. The van der Waals surface area contributed by atoms with Crippen LogP contribution in [0.4, 0.5) is 0 Å². The van der Waals surface area contributed by atoms with Gasteiger partial charge in [0, 0.05) is 12.1 Å². The SMILES string of the molecule is CCNC(=O)[C@H](C)NC(=O)c1cc(-c2ccccc2)nc2c1cnn2Cc1ccccc1. The largest absolute Gasteiger partial charge is 0.355 e. The third kappa shape index (κ3) is 4.51. The molecule has 4 aromatic rings. The van der Waals surface area contributed by atoms with Crippen LogP contribution in [0.15, 0.2) is 72.9 Å². The Morgan fingerprint density at radius 2 is 1.72 bits per heavy atom. The minimum Gasteiger partial charge on any atom is -0.355 e. The molecule has 162 valence electrons. The lowest BCUT2D eigenvalue weighted by atomic mass is 10.1. The van der Waals surface area contributed by atoms with Crippen LogP contribution >= 0.6 is 0 Å². The van der Waals surface area contributed by atoms with Crippen LogP contribution in [0.1, 0.15) is 29.8 Å². The summed E-state index contributed by atoms with van der Waals surface area (Å²) in [7, 11) is 0. The number of pyridine rings is 1. The number of benzene rings is 2. The van der Waals surface area contributed by atoms with E-state index in [1.807, 2.05) is 67.6 Å². The topological polar surface area (TPSA) is 88.9 Å². The van der Waals surface area contributed by atoms with Gasteiger partial charge >= 0.3 is 0 Å². The third-order valence-electron chi connectivity index (χ3n) is 5.19. The van der Waals surface area contributed by atoms with Crippen LogP contribution in [0.2, 0.25) is 0 Å². The van der Waals surface area contributed by atoms with Gasteiger partial charge in [-0.1, -0.05) is 60.7 Å². The molecule has 7 nitrogen and oxygen atoms in total. The molecule has 0 radical (unpaired) electrons. The van der Waals surface area contributed by atoms with E-state index in [1.165, 1.54) is 0 Å². The number of hydrogen-bond acceptors (Lipinski definition) is 4. The molecule has 2 heterocycles. The first kappa shape index (κ1) is 21.2. The summed E-state index contributed by atoms with van der Waals surface area (Å²) < 4.78 is 1.79. The number of aromatic nitrogens is 3. The minimum absolute atomic E-state index is 0.228. The maximum absolute atomic E-state index is 13.2. The van der Waals surface area contributed by atoms with Gasteiger partial charge in [0.05, 0.1) is 29.4 Å². The fourth-order valence-corrected chi connectivity index (χ4v) is 3.53. The maximum Gasteiger partial charge on any atom is 0.252 e. The fourth-order valence-electron chi connectivity index (χ4n) is 3.53. The van der Waals surface area contributed by atoms with Crippen molar-refractivity contribution in [3.8, 4) is 11.3 Å². The average Bonchev–Trinajstić information content (AvgIpc) is 3.22. The Labute approximate surface area is 186 Å². The lowest BCUT2D eigenvalue weighted by molar-refractivity contribution is -0.122. The number of carbonyl (C=O) groups is 2. The average molecular weight is 428 g/mol. The molecule has 7 heteroatoms. The summed E-state index contributed by atoms with van der Waals surface area (Å²) >= 11 is 0. The van der Waals surface area contributed by atoms with Crippen molar-refractivity contribution in [1.82, 2.24) is 25.4 Å². The van der Waals surface area contributed by atoms with Gasteiger partial charge in [-0.05, 0) is 25.5 Å². The summed E-state index contributed by atoms with van der Waals surface area (Å²) in [6, 6.07) is 20.8. The second kappa shape index (κ2) is 9.43. The van der Waals surface area contributed by atoms with Crippen LogP contribution in [0.25, 0.3) is 22.3 Å². The number of likely N-dealkylation sites (N-methyl/N-ethyl adjacent to an activating group) is 1. The normalized spacial score (nSPS) is 11.8. The van der Waals surface area contributed by atoms with E-state index in [-0.39, 0.29) is 11.8 Å². The summed E-state index contributed by atoms with van der Waals surface area (Å²) in [4.78, 5) is 30.1. The van der Waals surface area contributed by atoms with Crippen molar-refractivity contribution in [3.63, 3.8) is 0 Å². The van der Waals surface area contributed by atoms with Crippen molar-refractivity contribution < 1.29 is 9.59 Å². The van der Waals surface area contributed by atoms with Crippen molar-refractivity contribution in [3.05, 3.63) is 84.1 Å². The van der Waals surface area contributed by atoms with Crippen LogP contribution < -0.4 is 10.6 Å². The van der Waals surface area contributed by atoms with Gasteiger partial charge in [-0.2, -0.15) is 5.10 Å². The van der Waals surface area contributed by atoms with Crippen molar-refractivity contribution in [2.75, 3.05) is 6.54 Å². The third-order valence-corrected chi connectivity index (χ3v) is 5.19. The molecule has 0 aliphatic rings. The highest BCUT2D eigenvalue weighted by molar-refractivity contribution is 6.07. The van der Waals surface area contributed by atoms with E-state index in [2.05, 4.69) is 15.7 Å². The van der Waals surface area contributed by atoms with Crippen LogP contribution in [0.5, 0.6) is 0 Å². The van der Waals surface area contributed by atoms with Crippen molar-refractivity contribution in [2.24, 2.45) is 0 Å². The number of rotatable bonds is 7. The Bertz CT molecular complexity index is 1240. The van der Waals surface area contributed by atoms with E-state index >= 15 is 0 Å². The first-order chi connectivity index (χ1) is 15.6. The Balaban J connectivity index is 1.77. The Hall–Kier alpha value is -4.00. The highest BCUT2D eigenvalue weighted by Crippen LogP contribution is 2.25. The van der Waals surface area contributed by atoms with Crippen molar-refractivity contribution in [2.45, 2.75) is 26.4 Å². The zero-order valence-electron chi connectivity index (χ0n) is 18.1. The van der Waals surface area contributed by atoms with E-state index in [0.29, 0.717) is 35.4 Å². The van der Waals surface area contributed by atoms with Gasteiger partial charge in [-0.25, -0.2) is 9.67 Å². The van der Waals surface area contributed by atoms with Crippen LogP contribution in [0.3, 0.4) is 0 Å². The Morgan fingerprint density at radius 3 is 2.41 bits per heavy atom. The summed E-state index contributed by atoms with van der Waals surface area (Å²) in [6.45, 7) is 4.54. The first-order valence-corrected chi connectivity index (χ1v) is 10.6. The lowest BCUT2D eigenvalue weighted by Crippen LogP contribution is -2.44. The Morgan fingerprint density at radius 1 is 1.03 bits per heavy atom. The zero-order chi connectivity index (χ0) is 22.5. The van der Waals surface area contributed by atoms with Gasteiger partial charge in [0.1, 0.15) is 6.04 Å². The maximum atomic E-state index is 13.2. The molecule has 0 fully saturated rings. The quantitative estimate of drug-likeness (QED) is 0.473. The molecule has 0 saturated heterocycles. The smallest absolute Gasteiger partial charge is 0.252 e. The van der Waals surface area contributed by atoms with Crippen LogP contribution in [-0.4, -0.2) is 39.2 Å². The number of carbonyl (C=O) groups excluding carboxylic acids is 2. The summed E-state index contributed by atoms with van der Waals surface area (Å²) in [5.41, 5.74) is 3.70. The van der Waals surface area contributed by atoms with Gasteiger partial charge in [0.15, 0.2) is 5.65 Å². The van der Waals surface area contributed by atoms with Gasteiger partial charge < -0.3 is 10.6 Å². The molecule has 0 unspecified atom stereocenters. The molecule has 0 bridgehead atoms. The second-order valence-electron chi connectivity index (χ2n) is 7.54. The molecule has 0 spiro atoms. The van der Waals surface area contributed by atoms with Gasteiger partial charge in [-0.3, -0.25) is 9.59 Å². The molecule has 2 aromatic heterocycles. The molecule has 2 amide bonds. The highest BCUT2D eigenvalue weighted by atomic mass is 16.2. The highest BCUT2D eigenvalue weighted by Gasteiger charge is 2.21. The molecule has 2 N–H and O–H groups in total. The standard InChI is InChI=1S/C25H25N5O2/c1-3-26-24(31)17(2)28-25(32)20-14-22(19-12-8-5-9-13-19)29-23-21(20)15-27-30(23)16-18-10-6-4-7-11-18/h4-15,17H,3,16H2,1-2H3,(H,26,31)(H,28,32)/t17-/m0/s1. The van der Waals surface area contributed by atoms with E-state index in [0.717, 1.165) is 11.1 Å². The molecular weight excluding hydrogens is 402 g/mol. The predicted octanol–water partition coefficient (Wildman–Crippen LogP) is 3.40. The molecule has 1 atom stereocenters. The number of hydrogen-bond donors (Lipinski definition) is 2. The van der Waals surface area contributed by atoms with Crippen LogP contribution in [0, 0.1) is 0 Å². The first-order valence-electron chi connectivity index (χ1n) is 10.6. The number of amides is 2. The summed E-state index contributed by atoms with van der Waals surface area (Å²) in [5, 5.41) is 10.7. The van der Waals surface area contributed by atoms with Crippen molar-refractivity contribution >= 4 is 22.8 Å². The van der Waals surface area contributed by atoms with Gasteiger partial charge in [0.25, 0.3) is 5.91 Å². The molecule has 0 aliphatic carbocycles. The fraction of sp³-hybridized carbons (Fsp3) is 0.200. The zero-order valence-corrected chi connectivity index (χ0v) is 18.1. The van der Waals surface area contributed by atoms with Gasteiger partial charge in [0.2, 0.25) is 5.91 Å². The predicted molar refractivity (Wildman–Crippen MR) is 124 cm³/mol. The van der Waals surface area contributed by atoms with E-state index in [1.54, 1.807) is 23.9 Å². The Kier molecular flexibility index (Phi) is 6.26. The van der Waals surface area contributed by atoms with Crippen LogP contribution in [-0.2, 0) is 11.3 Å². The number of nitrogens with zero attached hydrogens (tertiary/aromatic N) is 3.